The quantitative estimate of drug-likeness (QED) is 0.667. The fourth-order valence-corrected chi connectivity index (χ4v) is 2.52. The summed E-state index contributed by atoms with van der Waals surface area (Å²) in [6.07, 6.45) is 0. The topological polar surface area (TPSA) is 29.1 Å². The molecule has 2 rings (SSSR count). The highest BCUT2D eigenvalue weighted by atomic mass is 35.5. The summed E-state index contributed by atoms with van der Waals surface area (Å²) in [6.45, 7) is 0. The van der Waals surface area contributed by atoms with Gasteiger partial charge in [0.2, 0.25) is 5.91 Å². The van der Waals surface area contributed by atoms with E-state index in [0.29, 0.717) is 11.6 Å². The minimum absolute atomic E-state index is 0.0143. The molecular formula is C14H14ClNOS. The molecule has 2 aromatic rings. The molecule has 0 saturated heterocycles. The number of alkyl halides is 1. The van der Waals surface area contributed by atoms with Crippen molar-refractivity contribution in [2.24, 2.45) is 0 Å². The van der Waals surface area contributed by atoms with Crippen molar-refractivity contribution in [2.75, 3.05) is 22.7 Å². The average molecular weight is 280 g/mol. The molecule has 0 saturated carbocycles. The van der Waals surface area contributed by atoms with Crippen molar-refractivity contribution in [1.29, 1.82) is 0 Å². The summed E-state index contributed by atoms with van der Waals surface area (Å²) >= 11 is 7.10. The van der Waals surface area contributed by atoms with Gasteiger partial charge in [-0.2, -0.15) is 11.8 Å². The first kappa shape index (κ1) is 13.2. The van der Waals surface area contributed by atoms with Gasteiger partial charge in [0.1, 0.15) is 0 Å². The molecule has 2 aromatic carbocycles. The van der Waals surface area contributed by atoms with Crippen molar-refractivity contribution in [3.05, 3.63) is 42.5 Å². The molecule has 1 amide bonds. The monoisotopic (exact) mass is 279 g/mol. The third kappa shape index (κ3) is 3.65. The lowest BCUT2D eigenvalue weighted by Gasteiger charge is -2.06. The van der Waals surface area contributed by atoms with Gasteiger partial charge in [-0.25, -0.2) is 0 Å². The van der Waals surface area contributed by atoms with E-state index in [9.17, 15) is 4.79 Å². The molecule has 4 heteroatoms. The number of carbonyl (C=O) groups excluding carboxylic acids is 1. The number of anilines is 1. The van der Waals surface area contributed by atoms with Crippen LogP contribution in [0.15, 0.2) is 42.5 Å². The van der Waals surface area contributed by atoms with Gasteiger partial charge in [0.15, 0.2) is 0 Å². The standard InChI is InChI=1S/C14H14ClNOS/c15-7-8-18-10-14(17)16-13-6-5-11-3-1-2-4-12(11)9-13/h1-6,9H,7-8,10H2,(H,16,17). The summed E-state index contributed by atoms with van der Waals surface area (Å²) in [5.74, 6) is 1.83. The van der Waals surface area contributed by atoms with Crippen molar-refractivity contribution in [1.82, 2.24) is 0 Å². The van der Waals surface area contributed by atoms with Crippen LogP contribution in [-0.2, 0) is 4.79 Å². The Morgan fingerprint density at radius 3 is 2.72 bits per heavy atom. The van der Waals surface area contributed by atoms with Crippen LogP contribution in [0.2, 0.25) is 0 Å². The molecule has 0 radical (unpaired) electrons. The molecule has 0 fully saturated rings. The predicted molar refractivity (Wildman–Crippen MR) is 80.6 cm³/mol. The highest BCUT2D eigenvalue weighted by Gasteiger charge is 2.02. The lowest BCUT2D eigenvalue weighted by atomic mass is 10.1. The van der Waals surface area contributed by atoms with Gasteiger partial charge < -0.3 is 5.32 Å². The predicted octanol–water partition coefficient (Wildman–Crippen LogP) is 3.75. The minimum atomic E-state index is 0.0143. The van der Waals surface area contributed by atoms with E-state index in [2.05, 4.69) is 11.4 Å². The molecule has 94 valence electrons. The number of hydrogen-bond acceptors (Lipinski definition) is 2. The molecular weight excluding hydrogens is 266 g/mol. The van der Waals surface area contributed by atoms with Crippen molar-refractivity contribution >= 4 is 45.7 Å². The van der Waals surface area contributed by atoms with E-state index >= 15 is 0 Å². The van der Waals surface area contributed by atoms with Crippen molar-refractivity contribution in [3.63, 3.8) is 0 Å². The maximum Gasteiger partial charge on any atom is 0.234 e. The molecule has 2 nitrogen and oxygen atoms in total. The van der Waals surface area contributed by atoms with E-state index in [1.165, 1.54) is 5.39 Å². The number of benzene rings is 2. The second-order valence-electron chi connectivity index (χ2n) is 3.85. The maximum atomic E-state index is 11.6. The smallest absolute Gasteiger partial charge is 0.234 e. The van der Waals surface area contributed by atoms with Gasteiger partial charge >= 0.3 is 0 Å². The largest absolute Gasteiger partial charge is 0.325 e. The number of halogens is 1. The molecule has 0 aliphatic carbocycles. The van der Waals surface area contributed by atoms with Crippen molar-refractivity contribution < 1.29 is 4.79 Å². The van der Waals surface area contributed by atoms with E-state index in [4.69, 9.17) is 11.6 Å². The van der Waals surface area contributed by atoms with Gasteiger partial charge in [-0.3, -0.25) is 4.79 Å². The maximum absolute atomic E-state index is 11.6. The minimum Gasteiger partial charge on any atom is -0.325 e. The van der Waals surface area contributed by atoms with Crippen LogP contribution in [0.4, 0.5) is 5.69 Å². The summed E-state index contributed by atoms with van der Waals surface area (Å²) in [4.78, 5) is 11.6. The Hall–Kier alpha value is -1.19. The third-order valence-electron chi connectivity index (χ3n) is 2.49. The van der Waals surface area contributed by atoms with Crippen LogP contribution in [0.1, 0.15) is 0 Å². The number of hydrogen-bond donors (Lipinski definition) is 1. The van der Waals surface area contributed by atoms with Crippen LogP contribution in [0.5, 0.6) is 0 Å². The lowest BCUT2D eigenvalue weighted by molar-refractivity contribution is -0.113. The van der Waals surface area contributed by atoms with E-state index in [1.807, 2.05) is 36.4 Å². The van der Waals surface area contributed by atoms with Gasteiger partial charge in [0.25, 0.3) is 0 Å². The van der Waals surface area contributed by atoms with E-state index < -0.39 is 0 Å². The average Bonchev–Trinajstić information content (AvgIpc) is 2.39. The highest BCUT2D eigenvalue weighted by molar-refractivity contribution is 8.00. The number of rotatable bonds is 5. The van der Waals surface area contributed by atoms with Crippen molar-refractivity contribution in [3.8, 4) is 0 Å². The van der Waals surface area contributed by atoms with Gasteiger partial charge in [-0.05, 0) is 22.9 Å². The molecule has 0 aliphatic rings. The second kappa shape index (κ2) is 6.66. The Morgan fingerprint density at radius 1 is 1.17 bits per heavy atom. The lowest BCUT2D eigenvalue weighted by Crippen LogP contribution is -2.14. The zero-order chi connectivity index (χ0) is 12.8. The SMILES string of the molecule is O=C(CSCCCl)Nc1ccc2ccccc2c1. The molecule has 0 heterocycles. The van der Waals surface area contributed by atoms with Gasteiger partial charge in [0.05, 0.1) is 5.75 Å². The molecule has 0 aromatic heterocycles. The molecule has 0 bridgehead atoms. The summed E-state index contributed by atoms with van der Waals surface area (Å²) in [5.41, 5.74) is 0.838. The van der Waals surface area contributed by atoms with Gasteiger partial charge in [-0.15, -0.1) is 11.6 Å². The summed E-state index contributed by atoms with van der Waals surface area (Å²) < 4.78 is 0. The Bertz CT molecular complexity index is 544. The number of thioether (sulfide) groups is 1. The molecule has 0 unspecified atom stereocenters. The fraction of sp³-hybridized carbons (Fsp3) is 0.214. The Morgan fingerprint density at radius 2 is 1.94 bits per heavy atom. The van der Waals surface area contributed by atoms with E-state index in [1.54, 1.807) is 11.8 Å². The van der Waals surface area contributed by atoms with Crippen molar-refractivity contribution in [2.45, 2.75) is 0 Å². The summed E-state index contributed by atoms with van der Waals surface area (Å²) in [6, 6.07) is 14.0. The van der Waals surface area contributed by atoms with Crippen LogP contribution in [0.25, 0.3) is 10.8 Å². The normalized spacial score (nSPS) is 10.5. The van der Waals surface area contributed by atoms with Gasteiger partial charge in [-0.1, -0.05) is 30.3 Å². The van der Waals surface area contributed by atoms with Crippen LogP contribution in [0, 0.1) is 0 Å². The van der Waals surface area contributed by atoms with E-state index in [-0.39, 0.29) is 5.91 Å². The molecule has 0 aliphatic heterocycles. The second-order valence-corrected chi connectivity index (χ2v) is 5.33. The first-order valence-corrected chi connectivity index (χ1v) is 7.41. The number of carbonyl (C=O) groups is 1. The summed E-state index contributed by atoms with van der Waals surface area (Å²) in [5, 5.41) is 5.19. The Balaban J connectivity index is 2.01. The zero-order valence-corrected chi connectivity index (χ0v) is 11.4. The van der Waals surface area contributed by atoms with Crippen LogP contribution >= 0.6 is 23.4 Å². The van der Waals surface area contributed by atoms with E-state index in [0.717, 1.165) is 16.8 Å². The number of fused-ring (bicyclic) bond motifs is 1. The van der Waals surface area contributed by atoms with Crippen LogP contribution < -0.4 is 5.32 Å². The number of amides is 1. The highest BCUT2D eigenvalue weighted by Crippen LogP contribution is 2.19. The molecule has 1 N–H and O–H groups in total. The first-order chi connectivity index (χ1) is 8.79. The molecule has 0 spiro atoms. The summed E-state index contributed by atoms with van der Waals surface area (Å²) in [7, 11) is 0. The van der Waals surface area contributed by atoms with Crippen LogP contribution in [0.3, 0.4) is 0 Å². The van der Waals surface area contributed by atoms with Crippen LogP contribution in [-0.4, -0.2) is 23.3 Å². The van der Waals surface area contributed by atoms with Gasteiger partial charge in [0, 0.05) is 17.3 Å². The number of nitrogens with one attached hydrogen (secondary N) is 1. The Labute approximate surface area is 116 Å². The fourth-order valence-electron chi connectivity index (χ4n) is 1.68. The zero-order valence-electron chi connectivity index (χ0n) is 9.86. The third-order valence-corrected chi connectivity index (χ3v) is 3.86. The molecule has 18 heavy (non-hydrogen) atoms. The Kier molecular flexibility index (Phi) is 4.90. The molecule has 0 atom stereocenters. The first-order valence-electron chi connectivity index (χ1n) is 5.72.